The number of rotatable bonds is 5. The van der Waals surface area contributed by atoms with E-state index < -0.39 is 0 Å². The minimum atomic E-state index is -0.207. The van der Waals surface area contributed by atoms with Crippen LogP contribution in [0.4, 0.5) is 0 Å². The summed E-state index contributed by atoms with van der Waals surface area (Å²) in [5.41, 5.74) is 0.596. The van der Waals surface area contributed by atoms with Crippen molar-refractivity contribution in [2.75, 3.05) is 19.8 Å². The molecule has 146 valence electrons. The molecule has 2 atom stereocenters. The number of hydrogen-bond acceptors (Lipinski definition) is 6. The molecule has 2 aliphatic heterocycles. The van der Waals surface area contributed by atoms with Crippen molar-refractivity contribution >= 4 is 5.91 Å². The maximum atomic E-state index is 13.1. The highest BCUT2D eigenvalue weighted by molar-refractivity contribution is 5.94. The van der Waals surface area contributed by atoms with Gasteiger partial charge in [-0.15, -0.1) is 16.6 Å². The second-order valence-electron chi connectivity index (χ2n) is 7.01. The van der Waals surface area contributed by atoms with Gasteiger partial charge in [-0.2, -0.15) is 0 Å². The van der Waals surface area contributed by atoms with E-state index in [4.69, 9.17) is 20.3 Å². The minimum absolute atomic E-state index is 0.0509. The SMILES string of the molecule is C#CCOc1ccc(C(=O)N2CCCC[C@@H]2c2nnc([C@H]3CCCO3)o2)cc1. The van der Waals surface area contributed by atoms with Crippen LogP contribution in [0.1, 0.15) is 66.4 Å². The third-order valence-electron chi connectivity index (χ3n) is 5.13. The Morgan fingerprint density at radius 3 is 2.75 bits per heavy atom. The van der Waals surface area contributed by atoms with E-state index in [2.05, 4.69) is 16.1 Å². The molecule has 0 spiro atoms. The molecule has 2 saturated heterocycles. The van der Waals surface area contributed by atoms with E-state index in [0.717, 1.165) is 38.7 Å². The van der Waals surface area contributed by atoms with Crippen LogP contribution in [0.15, 0.2) is 28.7 Å². The molecule has 1 aromatic carbocycles. The van der Waals surface area contributed by atoms with Crippen molar-refractivity contribution in [1.82, 2.24) is 15.1 Å². The number of likely N-dealkylation sites (tertiary alicyclic amines) is 1. The zero-order chi connectivity index (χ0) is 19.3. The quantitative estimate of drug-likeness (QED) is 0.740. The van der Waals surface area contributed by atoms with Gasteiger partial charge in [-0.05, 0) is 56.4 Å². The third-order valence-corrected chi connectivity index (χ3v) is 5.13. The molecule has 1 aromatic heterocycles. The number of piperidine rings is 1. The second-order valence-corrected chi connectivity index (χ2v) is 7.01. The zero-order valence-corrected chi connectivity index (χ0v) is 15.7. The minimum Gasteiger partial charge on any atom is -0.481 e. The molecule has 0 radical (unpaired) electrons. The third kappa shape index (κ3) is 3.87. The predicted molar refractivity (Wildman–Crippen MR) is 101 cm³/mol. The highest BCUT2D eigenvalue weighted by atomic mass is 16.5. The topological polar surface area (TPSA) is 77.7 Å². The molecule has 0 aliphatic carbocycles. The van der Waals surface area contributed by atoms with Crippen molar-refractivity contribution in [2.45, 2.75) is 44.2 Å². The van der Waals surface area contributed by atoms with Crippen LogP contribution in [0.5, 0.6) is 5.75 Å². The number of carbonyl (C=O) groups excluding carboxylic acids is 1. The molecular formula is C21H23N3O4. The van der Waals surface area contributed by atoms with E-state index in [0.29, 0.717) is 29.6 Å². The lowest BCUT2D eigenvalue weighted by Crippen LogP contribution is -2.38. The highest BCUT2D eigenvalue weighted by Crippen LogP contribution is 2.34. The van der Waals surface area contributed by atoms with Gasteiger partial charge < -0.3 is 18.8 Å². The summed E-state index contributed by atoms with van der Waals surface area (Å²) in [6, 6.07) is 6.82. The molecule has 1 amide bonds. The average molecular weight is 381 g/mol. The summed E-state index contributed by atoms with van der Waals surface area (Å²) in [6.45, 7) is 1.58. The Morgan fingerprint density at radius 2 is 2.00 bits per heavy atom. The van der Waals surface area contributed by atoms with Crippen molar-refractivity contribution < 1.29 is 18.7 Å². The fraction of sp³-hybridized carbons (Fsp3) is 0.476. The summed E-state index contributed by atoms with van der Waals surface area (Å²) >= 11 is 0. The number of aromatic nitrogens is 2. The first-order valence-electron chi connectivity index (χ1n) is 9.68. The molecule has 2 fully saturated rings. The van der Waals surface area contributed by atoms with Crippen molar-refractivity contribution in [1.29, 1.82) is 0 Å². The number of amides is 1. The van der Waals surface area contributed by atoms with Crippen LogP contribution >= 0.6 is 0 Å². The fourth-order valence-corrected chi connectivity index (χ4v) is 3.70. The second kappa shape index (κ2) is 8.44. The Morgan fingerprint density at radius 1 is 1.18 bits per heavy atom. The molecule has 0 N–H and O–H groups in total. The summed E-state index contributed by atoms with van der Waals surface area (Å²) in [5, 5.41) is 8.40. The largest absolute Gasteiger partial charge is 0.481 e. The lowest BCUT2D eigenvalue weighted by molar-refractivity contribution is 0.0549. The Hall–Kier alpha value is -2.85. The predicted octanol–water partition coefficient (Wildman–Crippen LogP) is 3.30. The Balaban J connectivity index is 1.50. The molecule has 2 aliphatic rings. The molecule has 2 aromatic rings. The maximum absolute atomic E-state index is 13.1. The van der Waals surface area contributed by atoms with Gasteiger partial charge in [0.05, 0.1) is 0 Å². The van der Waals surface area contributed by atoms with Gasteiger partial charge >= 0.3 is 0 Å². The maximum Gasteiger partial charge on any atom is 0.254 e. The van der Waals surface area contributed by atoms with E-state index >= 15 is 0 Å². The van der Waals surface area contributed by atoms with Crippen LogP contribution in [0, 0.1) is 12.3 Å². The lowest BCUT2D eigenvalue weighted by Gasteiger charge is -2.33. The van der Waals surface area contributed by atoms with Crippen LogP contribution in [0.2, 0.25) is 0 Å². The molecule has 0 unspecified atom stereocenters. The van der Waals surface area contributed by atoms with Gasteiger partial charge in [0, 0.05) is 18.7 Å². The number of ether oxygens (including phenoxy) is 2. The van der Waals surface area contributed by atoms with Gasteiger partial charge in [0.25, 0.3) is 5.91 Å². The molecule has 0 bridgehead atoms. The monoisotopic (exact) mass is 381 g/mol. The molecule has 7 nitrogen and oxygen atoms in total. The van der Waals surface area contributed by atoms with Crippen LogP contribution in [-0.2, 0) is 4.74 Å². The van der Waals surface area contributed by atoms with Gasteiger partial charge in [0.15, 0.2) is 0 Å². The average Bonchev–Trinajstić information content (AvgIpc) is 3.44. The first-order chi connectivity index (χ1) is 13.8. The number of terminal acetylenes is 1. The van der Waals surface area contributed by atoms with Crippen LogP contribution in [0.3, 0.4) is 0 Å². The van der Waals surface area contributed by atoms with Crippen molar-refractivity contribution in [3.05, 3.63) is 41.6 Å². The molecule has 4 rings (SSSR count). The molecule has 28 heavy (non-hydrogen) atoms. The number of hydrogen-bond donors (Lipinski definition) is 0. The molecule has 3 heterocycles. The Bertz CT molecular complexity index is 849. The van der Waals surface area contributed by atoms with E-state index in [9.17, 15) is 4.79 Å². The smallest absolute Gasteiger partial charge is 0.254 e. The van der Waals surface area contributed by atoms with E-state index in [-0.39, 0.29) is 24.7 Å². The van der Waals surface area contributed by atoms with Gasteiger partial charge in [0.2, 0.25) is 11.8 Å². The summed E-state index contributed by atoms with van der Waals surface area (Å²) in [6.07, 6.45) is 9.75. The first kappa shape index (κ1) is 18.5. The van der Waals surface area contributed by atoms with E-state index in [1.807, 2.05) is 4.90 Å². The number of benzene rings is 1. The van der Waals surface area contributed by atoms with Gasteiger partial charge in [-0.25, -0.2) is 0 Å². The summed E-state index contributed by atoms with van der Waals surface area (Å²) in [4.78, 5) is 14.9. The van der Waals surface area contributed by atoms with Crippen molar-refractivity contribution in [2.24, 2.45) is 0 Å². The standard InChI is InChI=1S/C21H23N3O4/c1-2-13-26-16-10-8-15(9-11-16)21(25)24-12-4-3-6-17(24)19-22-23-20(28-19)18-7-5-14-27-18/h1,8-11,17-18H,3-7,12-14H2/t17-,18-/m1/s1. The normalized spacial score (nSPS) is 22.0. The summed E-state index contributed by atoms with van der Waals surface area (Å²) in [5.74, 6) is 4.02. The van der Waals surface area contributed by atoms with Gasteiger partial charge in [-0.1, -0.05) is 5.92 Å². The van der Waals surface area contributed by atoms with Crippen molar-refractivity contribution in [3.8, 4) is 18.1 Å². The van der Waals surface area contributed by atoms with E-state index in [1.54, 1.807) is 24.3 Å². The highest BCUT2D eigenvalue weighted by Gasteiger charge is 2.34. The molecule has 7 heteroatoms. The number of carbonyl (C=O) groups is 1. The van der Waals surface area contributed by atoms with Gasteiger partial charge in [0.1, 0.15) is 24.5 Å². The van der Waals surface area contributed by atoms with Crippen molar-refractivity contribution in [3.63, 3.8) is 0 Å². The van der Waals surface area contributed by atoms with Crippen LogP contribution in [0.25, 0.3) is 0 Å². The first-order valence-corrected chi connectivity index (χ1v) is 9.68. The fourth-order valence-electron chi connectivity index (χ4n) is 3.70. The lowest BCUT2D eigenvalue weighted by atomic mass is 10.0. The van der Waals surface area contributed by atoms with Crippen LogP contribution in [-0.4, -0.2) is 40.8 Å². The summed E-state index contributed by atoms with van der Waals surface area (Å²) in [7, 11) is 0. The molecule has 0 saturated carbocycles. The Kier molecular flexibility index (Phi) is 5.58. The zero-order valence-electron chi connectivity index (χ0n) is 15.7. The molecular weight excluding hydrogens is 358 g/mol. The Labute approximate surface area is 164 Å². The number of nitrogens with zero attached hydrogens (tertiary/aromatic N) is 3. The van der Waals surface area contributed by atoms with E-state index in [1.165, 1.54) is 0 Å². The summed E-state index contributed by atoms with van der Waals surface area (Å²) < 4.78 is 16.9. The van der Waals surface area contributed by atoms with Crippen LogP contribution < -0.4 is 4.74 Å². The van der Waals surface area contributed by atoms with Gasteiger partial charge in [-0.3, -0.25) is 4.79 Å².